The zero-order valence-corrected chi connectivity index (χ0v) is 22.0. The maximum Gasteiger partial charge on any atom is 0.276 e. The Bertz CT molecular complexity index is 1160. The average Bonchev–Trinajstić information content (AvgIpc) is 3.41. The van der Waals surface area contributed by atoms with Crippen molar-refractivity contribution in [3.63, 3.8) is 0 Å². The average molecular weight is 524 g/mol. The molecule has 5 rings (SSSR count). The number of aromatic nitrogens is 2. The number of nitrogens with zero attached hydrogens (tertiary/aromatic N) is 4. The Kier molecular flexibility index (Phi) is 8.28. The Labute approximate surface area is 221 Å². The maximum atomic E-state index is 12.8. The number of hydrogen-bond acceptors (Lipinski definition) is 8. The fourth-order valence-corrected chi connectivity index (χ4v) is 5.49. The molecule has 2 aromatic heterocycles. The Morgan fingerprint density at radius 1 is 1.14 bits per heavy atom. The van der Waals surface area contributed by atoms with Crippen LogP contribution >= 0.6 is 11.3 Å². The van der Waals surface area contributed by atoms with Crippen LogP contribution in [-0.4, -0.2) is 78.8 Å². The SMILES string of the molecule is CC(=O)N1CCN(c2ccc(C(=O)Nc3nc(C4=CCCC=C4COC4CCOCC4)cs3)nc2)CC1. The Morgan fingerprint density at radius 3 is 2.65 bits per heavy atom. The van der Waals surface area contributed by atoms with Crippen LogP contribution in [0.5, 0.6) is 0 Å². The molecule has 2 aromatic rings. The quantitative estimate of drug-likeness (QED) is 0.590. The summed E-state index contributed by atoms with van der Waals surface area (Å²) in [5.74, 6) is -0.185. The topological polar surface area (TPSA) is 96.9 Å². The molecule has 2 fully saturated rings. The molecule has 196 valence electrons. The first kappa shape index (κ1) is 25.6. The molecule has 2 amide bonds. The van der Waals surface area contributed by atoms with Crippen molar-refractivity contribution in [3.8, 4) is 0 Å². The molecule has 0 atom stereocenters. The second-order valence-electron chi connectivity index (χ2n) is 9.43. The van der Waals surface area contributed by atoms with Crippen LogP contribution in [0.4, 0.5) is 10.8 Å². The van der Waals surface area contributed by atoms with Crippen molar-refractivity contribution in [1.82, 2.24) is 14.9 Å². The lowest BCUT2D eigenvalue weighted by atomic mass is 9.96. The van der Waals surface area contributed by atoms with Gasteiger partial charge in [0, 0.05) is 57.3 Å². The minimum Gasteiger partial charge on any atom is -0.381 e. The molecule has 3 aliphatic rings. The molecule has 0 bridgehead atoms. The number of carbonyl (C=O) groups excluding carboxylic acids is 2. The molecule has 0 unspecified atom stereocenters. The summed E-state index contributed by atoms with van der Waals surface area (Å²) in [6, 6.07) is 3.63. The molecular weight excluding hydrogens is 490 g/mol. The molecule has 2 saturated heterocycles. The van der Waals surface area contributed by atoms with Gasteiger partial charge in [-0.05, 0) is 43.4 Å². The van der Waals surface area contributed by atoms with Crippen molar-refractivity contribution >= 4 is 39.5 Å². The van der Waals surface area contributed by atoms with Crippen LogP contribution in [0.3, 0.4) is 0 Å². The lowest BCUT2D eigenvalue weighted by molar-refractivity contribution is -0.129. The number of hydrogen-bond donors (Lipinski definition) is 1. The standard InChI is InChI=1S/C27H33N5O4S/c1-19(33)31-10-12-32(13-11-31)21-6-7-24(28-16-21)26(34)30-27-29-25(18-37-27)23-5-3-2-4-20(23)17-36-22-8-14-35-15-9-22/h4-7,16,18,22H,2-3,8-15,17H2,1H3,(H,29,30,34). The number of thiazole rings is 1. The van der Waals surface area contributed by atoms with Crippen LogP contribution in [0.15, 0.2) is 41.4 Å². The molecule has 4 heterocycles. The number of pyridine rings is 1. The molecular formula is C27H33N5O4S. The molecule has 1 aliphatic carbocycles. The minimum atomic E-state index is -0.287. The largest absolute Gasteiger partial charge is 0.381 e. The van der Waals surface area contributed by atoms with E-state index in [1.54, 1.807) is 19.2 Å². The molecule has 10 heteroatoms. The van der Waals surface area contributed by atoms with E-state index in [2.05, 4.69) is 27.4 Å². The molecule has 1 N–H and O–H groups in total. The predicted molar refractivity (Wildman–Crippen MR) is 144 cm³/mol. The molecule has 0 saturated carbocycles. The number of carbonyl (C=O) groups is 2. The van der Waals surface area contributed by atoms with Gasteiger partial charge >= 0.3 is 0 Å². The molecule has 37 heavy (non-hydrogen) atoms. The molecule has 2 aliphatic heterocycles. The van der Waals surface area contributed by atoms with E-state index in [0.29, 0.717) is 30.5 Å². The van der Waals surface area contributed by atoms with Gasteiger partial charge in [0.2, 0.25) is 5.91 Å². The van der Waals surface area contributed by atoms with Gasteiger partial charge in [0.05, 0.1) is 30.3 Å². The monoisotopic (exact) mass is 523 g/mol. The van der Waals surface area contributed by atoms with Crippen molar-refractivity contribution in [1.29, 1.82) is 0 Å². The highest BCUT2D eigenvalue weighted by Gasteiger charge is 2.21. The van der Waals surface area contributed by atoms with Crippen LogP contribution in [0.1, 0.15) is 48.8 Å². The smallest absolute Gasteiger partial charge is 0.276 e. The van der Waals surface area contributed by atoms with E-state index in [9.17, 15) is 9.59 Å². The van der Waals surface area contributed by atoms with Gasteiger partial charge in [-0.3, -0.25) is 14.9 Å². The molecule has 0 aromatic carbocycles. The fraction of sp³-hybridized carbons (Fsp3) is 0.481. The first-order valence-electron chi connectivity index (χ1n) is 12.9. The zero-order chi connectivity index (χ0) is 25.6. The number of anilines is 2. The van der Waals surface area contributed by atoms with Gasteiger partial charge in [-0.25, -0.2) is 9.97 Å². The third kappa shape index (κ3) is 6.44. The highest BCUT2D eigenvalue weighted by Crippen LogP contribution is 2.31. The van der Waals surface area contributed by atoms with Crippen molar-refractivity contribution in [2.24, 2.45) is 0 Å². The van der Waals surface area contributed by atoms with E-state index in [-0.39, 0.29) is 17.9 Å². The number of nitrogens with one attached hydrogen (secondary N) is 1. The number of piperazine rings is 1. The van der Waals surface area contributed by atoms with Gasteiger partial charge in [0.1, 0.15) is 5.69 Å². The zero-order valence-electron chi connectivity index (χ0n) is 21.1. The number of amides is 2. The van der Waals surface area contributed by atoms with Crippen LogP contribution in [-0.2, 0) is 14.3 Å². The predicted octanol–water partition coefficient (Wildman–Crippen LogP) is 3.76. The number of rotatable bonds is 7. The summed E-state index contributed by atoms with van der Waals surface area (Å²) >= 11 is 1.41. The van der Waals surface area contributed by atoms with E-state index < -0.39 is 0 Å². The van der Waals surface area contributed by atoms with Crippen LogP contribution in [0.2, 0.25) is 0 Å². The Balaban J connectivity index is 1.17. The van der Waals surface area contributed by atoms with Gasteiger partial charge in [0.25, 0.3) is 5.91 Å². The summed E-state index contributed by atoms with van der Waals surface area (Å²) in [6.07, 6.45) is 10.2. The second kappa shape index (κ2) is 12.0. The summed E-state index contributed by atoms with van der Waals surface area (Å²) in [7, 11) is 0. The third-order valence-electron chi connectivity index (χ3n) is 6.97. The summed E-state index contributed by atoms with van der Waals surface area (Å²) in [5.41, 5.74) is 4.38. The van der Waals surface area contributed by atoms with E-state index in [0.717, 1.165) is 74.5 Å². The van der Waals surface area contributed by atoms with Crippen molar-refractivity contribution in [2.45, 2.75) is 38.7 Å². The van der Waals surface area contributed by atoms with Crippen LogP contribution < -0.4 is 10.2 Å². The van der Waals surface area contributed by atoms with Crippen molar-refractivity contribution < 1.29 is 19.1 Å². The van der Waals surface area contributed by atoms with E-state index >= 15 is 0 Å². The summed E-state index contributed by atoms with van der Waals surface area (Å²) in [6.45, 7) is 6.57. The maximum absolute atomic E-state index is 12.8. The van der Waals surface area contributed by atoms with Gasteiger partial charge in [-0.15, -0.1) is 11.3 Å². The van der Waals surface area contributed by atoms with E-state index in [4.69, 9.17) is 14.5 Å². The Hall–Kier alpha value is -3.08. The molecule has 0 spiro atoms. The minimum absolute atomic E-state index is 0.102. The molecule has 9 nitrogen and oxygen atoms in total. The van der Waals surface area contributed by atoms with Gasteiger partial charge < -0.3 is 19.3 Å². The summed E-state index contributed by atoms with van der Waals surface area (Å²) in [5, 5.41) is 5.41. The van der Waals surface area contributed by atoms with Crippen molar-refractivity contribution in [3.05, 3.63) is 52.8 Å². The normalized spacial score (nSPS) is 18.8. The lowest BCUT2D eigenvalue weighted by Gasteiger charge is -2.35. The highest BCUT2D eigenvalue weighted by molar-refractivity contribution is 7.14. The first-order valence-corrected chi connectivity index (χ1v) is 13.8. The fourth-order valence-electron chi connectivity index (χ4n) is 4.79. The third-order valence-corrected chi connectivity index (χ3v) is 7.72. The van der Waals surface area contributed by atoms with Crippen LogP contribution in [0, 0.1) is 0 Å². The van der Waals surface area contributed by atoms with Gasteiger partial charge in [-0.1, -0.05) is 12.2 Å². The lowest BCUT2D eigenvalue weighted by Crippen LogP contribution is -2.48. The number of ether oxygens (including phenoxy) is 2. The highest BCUT2D eigenvalue weighted by atomic mass is 32.1. The number of allylic oxidation sites excluding steroid dienone is 2. The first-order chi connectivity index (χ1) is 18.1. The Morgan fingerprint density at radius 2 is 1.92 bits per heavy atom. The molecule has 0 radical (unpaired) electrons. The van der Waals surface area contributed by atoms with E-state index in [1.807, 2.05) is 16.3 Å². The second-order valence-corrected chi connectivity index (χ2v) is 10.3. The van der Waals surface area contributed by atoms with Gasteiger partial charge in [0.15, 0.2) is 5.13 Å². The van der Waals surface area contributed by atoms with Crippen molar-refractivity contribution in [2.75, 3.05) is 56.2 Å². The summed E-state index contributed by atoms with van der Waals surface area (Å²) in [4.78, 5) is 37.5. The van der Waals surface area contributed by atoms with E-state index in [1.165, 1.54) is 11.3 Å². The van der Waals surface area contributed by atoms with Gasteiger partial charge in [-0.2, -0.15) is 0 Å². The van der Waals surface area contributed by atoms with Crippen LogP contribution in [0.25, 0.3) is 5.57 Å². The summed E-state index contributed by atoms with van der Waals surface area (Å²) < 4.78 is 11.6.